The first-order chi connectivity index (χ1) is 5.27. The van der Waals surface area contributed by atoms with Crippen LogP contribution < -0.4 is 5.32 Å². The molecule has 4 nitrogen and oxygen atoms in total. The van der Waals surface area contributed by atoms with E-state index in [0.717, 1.165) is 5.82 Å². The van der Waals surface area contributed by atoms with Crippen LogP contribution in [0.2, 0.25) is 0 Å². The smallest absolute Gasteiger partial charge is 0.129 e. The average Bonchev–Trinajstić information content (AvgIpc) is 2.05. The van der Waals surface area contributed by atoms with Crippen LogP contribution in [0.1, 0.15) is 0 Å². The van der Waals surface area contributed by atoms with Crippen molar-refractivity contribution in [3.05, 3.63) is 17.6 Å². The van der Waals surface area contributed by atoms with Gasteiger partial charge in [0.15, 0.2) is 0 Å². The molecule has 0 radical (unpaired) electrons. The largest absolute Gasteiger partial charge is 0.374 e. The van der Waals surface area contributed by atoms with Gasteiger partial charge in [0.2, 0.25) is 0 Å². The molecule has 1 heterocycles. The minimum absolute atomic E-state index is 0.535. The van der Waals surface area contributed by atoms with E-state index in [9.17, 15) is 0 Å². The molecule has 1 aliphatic rings. The van der Waals surface area contributed by atoms with E-state index >= 15 is 0 Å². The lowest BCUT2D eigenvalue weighted by atomic mass is 10.4. The number of nitrogens with zero attached hydrogens (tertiary/aromatic N) is 2. The summed E-state index contributed by atoms with van der Waals surface area (Å²) in [7, 11) is 3.70. The summed E-state index contributed by atoms with van der Waals surface area (Å²) in [6, 6.07) is 0. The molecule has 1 aliphatic heterocycles. The molecule has 0 spiro atoms. The number of hydrogen-bond acceptors (Lipinski definition) is 4. The van der Waals surface area contributed by atoms with Gasteiger partial charge in [-0.15, -0.1) is 0 Å². The van der Waals surface area contributed by atoms with Crippen molar-refractivity contribution in [3.63, 3.8) is 0 Å². The Hall–Kier alpha value is -1.54. The van der Waals surface area contributed by atoms with Crippen molar-refractivity contribution < 1.29 is 0 Å². The van der Waals surface area contributed by atoms with E-state index in [1.807, 2.05) is 19.0 Å². The monoisotopic (exact) mass is 150 g/mol. The Morgan fingerprint density at radius 1 is 1.73 bits per heavy atom. The van der Waals surface area contributed by atoms with Gasteiger partial charge >= 0.3 is 0 Å². The molecule has 0 amide bonds. The normalized spacial score (nSPS) is 16.0. The Morgan fingerprint density at radius 2 is 2.45 bits per heavy atom. The predicted octanol–water partition coefficient (Wildman–Crippen LogP) is 0.153. The molecule has 0 aromatic heterocycles. The predicted molar refractivity (Wildman–Crippen MR) is 44.6 cm³/mol. The molecule has 0 unspecified atom stereocenters. The molecule has 0 aromatic carbocycles. The van der Waals surface area contributed by atoms with Crippen LogP contribution >= 0.6 is 0 Å². The van der Waals surface area contributed by atoms with Crippen LogP contribution in [0.25, 0.3) is 0 Å². The first-order valence-corrected chi connectivity index (χ1v) is 3.24. The first-order valence-electron chi connectivity index (χ1n) is 3.24. The zero-order valence-corrected chi connectivity index (χ0v) is 6.55. The number of hydrogen-bond donors (Lipinski definition) is 2. The zero-order chi connectivity index (χ0) is 8.27. The third kappa shape index (κ3) is 1.48. The summed E-state index contributed by atoms with van der Waals surface area (Å²) in [5.41, 5.74) is 0.535. The Morgan fingerprint density at radius 3 is 3.00 bits per heavy atom. The van der Waals surface area contributed by atoms with Crippen molar-refractivity contribution in [2.45, 2.75) is 0 Å². The van der Waals surface area contributed by atoms with Crippen molar-refractivity contribution in [1.82, 2.24) is 10.2 Å². The molecular weight excluding hydrogens is 140 g/mol. The molecular formula is C7H10N4. The van der Waals surface area contributed by atoms with E-state index in [2.05, 4.69) is 16.2 Å². The van der Waals surface area contributed by atoms with Crippen molar-refractivity contribution in [2.24, 2.45) is 4.99 Å². The second-order valence-corrected chi connectivity index (χ2v) is 2.15. The lowest BCUT2D eigenvalue weighted by molar-refractivity contribution is 0.581. The Kier molecular flexibility index (Phi) is 2.09. The molecule has 0 saturated heterocycles. The van der Waals surface area contributed by atoms with Crippen LogP contribution in [0.15, 0.2) is 22.6 Å². The number of allylic oxidation sites excluding steroid dienone is 1. The van der Waals surface area contributed by atoms with Crippen LogP contribution in [0.4, 0.5) is 0 Å². The number of rotatable bonds is 1. The van der Waals surface area contributed by atoms with Crippen LogP contribution in [0.3, 0.4) is 0 Å². The molecule has 0 fully saturated rings. The van der Waals surface area contributed by atoms with Gasteiger partial charge in [0.1, 0.15) is 11.5 Å². The molecule has 0 bridgehead atoms. The molecule has 0 aromatic rings. The van der Waals surface area contributed by atoms with Crippen molar-refractivity contribution in [3.8, 4) is 0 Å². The summed E-state index contributed by atoms with van der Waals surface area (Å²) in [4.78, 5) is 5.76. The number of nitrogens with one attached hydrogen (secondary N) is 2. The van der Waals surface area contributed by atoms with Gasteiger partial charge in [0, 0.05) is 26.0 Å². The summed E-state index contributed by atoms with van der Waals surface area (Å²) in [6.45, 7) is 0. The molecule has 58 valence electrons. The summed E-state index contributed by atoms with van der Waals surface area (Å²) < 4.78 is 0. The maximum Gasteiger partial charge on any atom is 0.129 e. The van der Waals surface area contributed by atoms with Gasteiger partial charge in [-0.2, -0.15) is 0 Å². The standard InChI is InChI=1S/C7H10N4/c1-9-7-3-6(4-8)10-5-11(7)2/h3,5,8-9H,1-2H3. The zero-order valence-electron chi connectivity index (χ0n) is 6.55. The van der Waals surface area contributed by atoms with Gasteiger partial charge in [-0.3, -0.25) is 5.41 Å². The summed E-state index contributed by atoms with van der Waals surface area (Å²) in [5.74, 6) is 3.13. The fourth-order valence-electron chi connectivity index (χ4n) is 0.796. The molecule has 11 heavy (non-hydrogen) atoms. The average molecular weight is 150 g/mol. The Labute approximate surface area is 65.4 Å². The minimum atomic E-state index is 0.535. The molecule has 2 N–H and O–H groups in total. The lowest BCUT2D eigenvalue weighted by Gasteiger charge is -2.19. The van der Waals surface area contributed by atoms with Crippen LogP contribution in [-0.4, -0.2) is 31.2 Å². The van der Waals surface area contributed by atoms with Crippen molar-refractivity contribution in [2.75, 3.05) is 14.1 Å². The topological polar surface area (TPSA) is 51.5 Å². The number of aliphatic imine (C=N–C) groups is 1. The van der Waals surface area contributed by atoms with Crippen LogP contribution in [0, 0.1) is 5.41 Å². The van der Waals surface area contributed by atoms with E-state index in [4.69, 9.17) is 5.41 Å². The van der Waals surface area contributed by atoms with E-state index in [1.165, 1.54) is 0 Å². The fourth-order valence-corrected chi connectivity index (χ4v) is 0.796. The Bertz CT molecular complexity index is 258. The van der Waals surface area contributed by atoms with E-state index in [1.54, 1.807) is 12.4 Å². The van der Waals surface area contributed by atoms with Gasteiger partial charge in [0.05, 0.1) is 6.34 Å². The van der Waals surface area contributed by atoms with Gasteiger partial charge in [0.25, 0.3) is 0 Å². The SMILES string of the molecule is CNC1=CC(=C=N)N=CN1C. The summed E-state index contributed by atoms with van der Waals surface area (Å²) in [5, 5.41) is 9.81. The second-order valence-electron chi connectivity index (χ2n) is 2.15. The van der Waals surface area contributed by atoms with E-state index < -0.39 is 0 Å². The Balaban J connectivity index is 2.92. The van der Waals surface area contributed by atoms with Crippen LogP contribution in [0.5, 0.6) is 0 Å². The van der Waals surface area contributed by atoms with E-state index in [0.29, 0.717) is 5.70 Å². The van der Waals surface area contributed by atoms with Crippen molar-refractivity contribution >= 4 is 12.2 Å². The highest BCUT2D eigenvalue weighted by Gasteiger charge is 2.05. The molecule has 0 aliphatic carbocycles. The highest BCUT2D eigenvalue weighted by atomic mass is 15.2. The molecule has 0 atom stereocenters. The fraction of sp³-hybridized carbons (Fsp3) is 0.286. The van der Waals surface area contributed by atoms with Gasteiger partial charge in [-0.1, -0.05) is 0 Å². The van der Waals surface area contributed by atoms with E-state index in [-0.39, 0.29) is 0 Å². The van der Waals surface area contributed by atoms with Gasteiger partial charge in [-0.05, 0) is 0 Å². The summed E-state index contributed by atoms with van der Waals surface area (Å²) in [6.07, 6.45) is 3.40. The van der Waals surface area contributed by atoms with Gasteiger partial charge in [-0.25, -0.2) is 4.99 Å². The maximum atomic E-state index is 6.84. The quantitative estimate of drug-likeness (QED) is 0.523. The van der Waals surface area contributed by atoms with Crippen molar-refractivity contribution in [1.29, 1.82) is 5.41 Å². The minimum Gasteiger partial charge on any atom is -0.374 e. The van der Waals surface area contributed by atoms with Gasteiger partial charge < -0.3 is 10.2 Å². The highest BCUT2D eigenvalue weighted by Crippen LogP contribution is 2.06. The third-order valence-corrected chi connectivity index (χ3v) is 1.41. The second kappa shape index (κ2) is 3.03. The summed E-state index contributed by atoms with van der Waals surface area (Å²) >= 11 is 0. The molecule has 0 saturated carbocycles. The molecule has 1 rings (SSSR count). The third-order valence-electron chi connectivity index (χ3n) is 1.41. The first kappa shape index (κ1) is 7.57. The highest BCUT2D eigenvalue weighted by molar-refractivity contribution is 5.70. The lowest BCUT2D eigenvalue weighted by Crippen LogP contribution is -2.27. The molecule has 4 heteroatoms. The van der Waals surface area contributed by atoms with Crippen LogP contribution in [-0.2, 0) is 0 Å². The maximum absolute atomic E-state index is 6.84.